The SMILES string of the molecule is Cc1nc2c3ccccc3nc(SCc3nccn3C(F)F)n2n1. The lowest BCUT2D eigenvalue weighted by molar-refractivity contribution is 0.0678. The molecule has 6 nitrogen and oxygen atoms in total. The lowest BCUT2D eigenvalue weighted by Gasteiger charge is -2.07. The Bertz CT molecular complexity index is 1030. The molecule has 1 aromatic carbocycles. The predicted molar refractivity (Wildman–Crippen MR) is 86.1 cm³/mol. The molecule has 4 aromatic rings. The normalized spacial score (nSPS) is 11.8. The van der Waals surface area contributed by atoms with Gasteiger partial charge in [0.05, 0.1) is 11.3 Å². The van der Waals surface area contributed by atoms with Crippen LogP contribution < -0.4 is 0 Å². The summed E-state index contributed by atoms with van der Waals surface area (Å²) in [4.78, 5) is 13.0. The zero-order chi connectivity index (χ0) is 16.7. The quantitative estimate of drug-likeness (QED) is 0.418. The maximum Gasteiger partial charge on any atom is 0.319 e. The van der Waals surface area contributed by atoms with Gasteiger partial charge in [-0.15, -0.1) is 5.10 Å². The average molecular weight is 346 g/mol. The number of rotatable bonds is 4. The molecule has 0 bridgehead atoms. The standard InChI is InChI=1S/C15H12F2N6S/c1-9-19-13-10-4-2-3-5-11(10)20-15(23(13)21-9)24-8-12-18-6-7-22(12)14(16)17/h2-7,14H,8H2,1H3. The number of alkyl halides is 2. The molecule has 122 valence electrons. The summed E-state index contributed by atoms with van der Waals surface area (Å²) in [6.07, 6.45) is 2.63. The van der Waals surface area contributed by atoms with Crippen LogP contribution in [-0.4, -0.2) is 29.1 Å². The molecular formula is C15H12F2N6S. The van der Waals surface area contributed by atoms with Gasteiger partial charge < -0.3 is 0 Å². The van der Waals surface area contributed by atoms with Gasteiger partial charge in [0.25, 0.3) is 0 Å². The highest BCUT2D eigenvalue weighted by Crippen LogP contribution is 2.26. The summed E-state index contributed by atoms with van der Waals surface area (Å²) in [7, 11) is 0. The molecule has 0 saturated heterocycles. The Balaban J connectivity index is 1.76. The molecule has 0 aliphatic carbocycles. The lowest BCUT2D eigenvalue weighted by Crippen LogP contribution is -2.03. The van der Waals surface area contributed by atoms with E-state index in [1.165, 1.54) is 24.2 Å². The van der Waals surface area contributed by atoms with Crippen LogP contribution in [-0.2, 0) is 5.75 Å². The molecular weight excluding hydrogens is 334 g/mol. The van der Waals surface area contributed by atoms with Gasteiger partial charge in [0.1, 0.15) is 11.6 Å². The van der Waals surface area contributed by atoms with Crippen LogP contribution >= 0.6 is 11.8 Å². The zero-order valence-corrected chi connectivity index (χ0v) is 13.4. The molecule has 0 amide bonds. The molecule has 3 aromatic heterocycles. The van der Waals surface area contributed by atoms with Crippen LogP contribution in [0.2, 0.25) is 0 Å². The molecule has 0 fully saturated rings. The number of aryl methyl sites for hydroxylation is 1. The fourth-order valence-corrected chi connectivity index (χ4v) is 3.38. The highest BCUT2D eigenvalue weighted by atomic mass is 32.2. The third-order valence-corrected chi connectivity index (χ3v) is 4.47. The smallest absolute Gasteiger partial charge is 0.277 e. The van der Waals surface area contributed by atoms with E-state index in [0.717, 1.165) is 15.5 Å². The molecule has 24 heavy (non-hydrogen) atoms. The molecule has 3 heterocycles. The van der Waals surface area contributed by atoms with Crippen LogP contribution in [0.3, 0.4) is 0 Å². The summed E-state index contributed by atoms with van der Waals surface area (Å²) in [5.74, 6) is 1.18. The second kappa shape index (κ2) is 5.82. The molecule has 0 atom stereocenters. The number of hydrogen-bond donors (Lipinski definition) is 0. The second-order valence-corrected chi connectivity index (χ2v) is 6.07. The Kier molecular flexibility index (Phi) is 3.64. The fraction of sp³-hybridized carbons (Fsp3) is 0.200. The summed E-state index contributed by atoms with van der Waals surface area (Å²) < 4.78 is 28.3. The van der Waals surface area contributed by atoms with Crippen LogP contribution in [0, 0.1) is 6.92 Å². The van der Waals surface area contributed by atoms with Crippen molar-refractivity contribution in [1.29, 1.82) is 0 Å². The number of hydrogen-bond acceptors (Lipinski definition) is 5. The summed E-state index contributed by atoms with van der Waals surface area (Å²) >= 11 is 1.30. The first-order valence-electron chi connectivity index (χ1n) is 7.18. The van der Waals surface area contributed by atoms with Gasteiger partial charge in [-0.25, -0.2) is 15.0 Å². The van der Waals surface area contributed by atoms with Gasteiger partial charge in [-0.1, -0.05) is 23.9 Å². The summed E-state index contributed by atoms with van der Waals surface area (Å²) in [5.41, 5.74) is 1.50. The average Bonchev–Trinajstić information content (AvgIpc) is 3.18. The first-order valence-corrected chi connectivity index (χ1v) is 8.17. The topological polar surface area (TPSA) is 60.9 Å². The molecule has 0 aliphatic rings. The first-order chi connectivity index (χ1) is 11.6. The van der Waals surface area contributed by atoms with Gasteiger partial charge >= 0.3 is 6.55 Å². The first kappa shape index (κ1) is 15.0. The van der Waals surface area contributed by atoms with E-state index < -0.39 is 6.55 Å². The number of aromatic nitrogens is 6. The summed E-state index contributed by atoms with van der Waals surface area (Å²) in [6, 6.07) is 7.64. The van der Waals surface area contributed by atoms with Gasteiger partial charge in [-0.05, 0) is 19.1 Å². The van der Waals surface area contributed by atoms with Crippen LogP contribution in [0.25, 0.3) is 16.6 Å². The van der Waals surface area contributed by atoms with Crippen molar-refractivity contribution in [1.82, 2.24) is 29.1 Å². The van der Waals surface area contributed by atoms with E-state index in [2.05, 4.69) is 20.1 Å². The molecule has 0 radical (unpaired) electrons. The Hall–Kier alpha value is -2.55. The minimum Gasteiger partial charge on any atom is -0.277 e. The van der Waals surface area contributed by atoms with Crippen molar-refractivity contribution in [2.75, 3.05) is 0 Å². The van der Waals surface area contributed by atoms with Crippen molar-refractivity contribution in [3.05, 3.63) is 48.3 Å². The molecule has 4 rings (SSSR count). The largest absolute Gasteiger partial charge is 0.319 e. The third-order valence-electron chi connectivity index (χ3n) is 3.54. The van der Waals surface area contributed by atoms with Crippen LogP contribution in [0.4, 0.5) is 8.78 Å². The van der Waals surface area contributed by atoms with Gasteiger partial charge in [0, 0.05) is 17.8 Å². The van der Waals surface area contributed by atoms with Gasteiger partial charge in [0.2, 0.25) is 0 Å². The van der Waals surface area contributed by atoms with E-state index in [0.29, 0.717) is 16.6 Å². The van der Waals surface area contributed by atoms with Crippen LogP contribution in [0.1, 0.15) is 18.2 Å². The number of para-hydroxylation sites is 1. The number of nitrogens with zero attached hydrogens (tertiary/aromatic N) is 6. The maximum absolute atomic E-state index is 12.9. The maximum atomic E-state index is 12.9. The Morgan fingerprint density at radius 2 is 2.04 bits per heavy atom. The van der Waals surface area contributed by atoms with Gasteiger partial charge in [-0.3, -0.25) is 4.57 Å². The Labute approximate surface area is 139 Å². The molecule has 0 spiro atoms. The molecule has 9 heteroatoms. The zero-order valence-electron chi connectivity index (χ0n) is 12.6. The highest BCUT2D eigenvalue weighted by Gasteiger charge is 2.15. The highest BCUT2D eigenvalue weighted by molar-refractivity contribution is 7.98. The van der Waals surface area contributed by atoms with Crippen LogP contribution in [0.15, 0.2) is 41.8 Å². The van der Waals surface area contributed by atoms with E-state index in [1.807, 2.05) is 24.3 Å². The predicted octanol–water partition coefficient (Wildman–Crippen LogP) is 3.47. The van der Waals surface area contributed by atoms with E-state index in [4.69, 9.17) is 0 Å². The van der Waals surface area contributed by atoms with Crippen molar-refractivity contribution < 1.29 is 8.78 Å². The minimum absolute atomic E-state index is 0.261. The van der Waals surface area contributed by atoms with Crippen molar-refractivity contribution in [3.8, 4) is 0 Å². The lowest BCUT2D eigenvalue weighted by atomic mass is 10.2. The van der Waals surface area contributed by atoms with Gasteiger partial charge in [-0.2, -0.15) is 13.3 Å². The van der Waals surface area contributed by atoms with E-state index in [-0.39, 0.29) is 11.6 Å². The summed E-state index contributed by atoms with van der Waals surface area (Å²) in [5, 5.41) is 5.86. The van der Waals surface area contributed by atoms with Crippen molar-refractivity contribution in [2.24, 2.45) is 0 Å². The van der Waals surface area contributed by atoms with E-state index >= 15 is 0 Å². The molecule has 0 saturated carbocycles. The van der Waals surface area contributed by atoms with Gasteiger partial charge in [0.15, 0.2) is 10.8 Å². The molecule has 0 unspecified atom stereocenters. The van der Waals surface area contributed by atoms with E-state index in [9.17, 15) is 8.78 Å². The number of fused-ring (bicyclic) bond motifs is 3. The number of imidazole rings is 1. The molecule has 0 N–H and O–H groups in total. The third kappa shape index (κ3) is 2.50. The van der Waals surface area contributed by atoms with Crippen molar-refractivity contribution >= 4 is 28.3 Å². The molecule has 0 aliphatic heterocycles. The fourth-order valence-electron chi connectivity index (χ4n) is 2.49. The van der Waals surface area contributed by atoms with Crippen molar-refractivity contribution in [3.63, 3.8) is 0 Å². The second-order valence-electron chi connectivity index (χ2n) is 5.12. The Morgan fingerprint density at radius 3 is 2.88 bits per heavy atom. The van der Waals surface area contributed by atoms with Crippen molar-refractivity contribution in [2.45, 2.75) is 24.4 Å². The Morgan fingerprint density at radius 1 is 1.21 bits per heavy atom. The van der Waals surface area contributed by atoms with Crippen LogP contribution in [0.5, 0.6) is 0 Å². The number of halogens is 2. The minimum atomic E-state index is -2.61. The van der Waals surface area contributed by atoms with E-state index in [1.54, 1.807) is 11.4 Å². The summed E-state index contributed by atoms with van der Waals surface area (Å²) in [6.45, 7) is -0.805. The monoisotopic (exact) mass is 346 g/mol. The number of thioether (sulfide) groups is 1. The number of benzene rings is 1.